The SMILES string of the molecule is O=c1[nH]c2ccccc2[n+]2[nH]n(-c3ccc(C(F)(F)F)cc3)c(=O)c12. The lowest BCUT2D eigenvalue weighted by atomic mass is 10.2. The molecule has 0 radical (unpaired) electrons. The number of benzene rings is 2. The first-order valence-electron chi connectivity index (χ1n) is 7.22. The van der Waals surface area contributed by atoms with Gasteiger partial charge in [-0.25, -0.2) is 4.79 Å². The van der Waals surface area contributed by atoms with Gasteiger partial charge in [0.2, 0.25) is 0 Å². The zero-order valence-corrected chi connectivity index (χ0v) is 12.5. The maximum atomic E-state index is 12.7. The number of aromatic amines is 2. The van der Waals surface area contributed by atoms with Gasteiger partial charge in [-0.15, -0.1) is 4.52 Å². The molecule has 0 amide bonds. The van der Waals surface area contributed by atoms with Crippen molar-refractivity contribution in [1.29, 1.82) is 0 Å². The summed E-state index contributed by atoms with van der Waals surface area (Å²) >= 11 is 0. The summed E-state index contributed by atoms with van der Waals surface area (Å²) in [5, 5.41) is 2.74. The Labute approximate surface area is 136 Å². The average Bonchev–Trinajstić information content (AvgIpc) is 2.93. The van der Waals surface area contributed by atoms with E-state index in [1.54, 1.807) is 24.3 Å². The van der Waals surface area contributed by atoms with Crippen molar-refractivity contribution in [2.45, 2.75) is 6.18 Å². The van der Waals surface area contributed by atoms with Gasteiger partial charge in [-0.05, 0) is 36.4 Å². The molecule has 0 atom stereocenters. The monoisotopic (exact) mass is 347 g/mol. The van der Waals surface area contributed by atoms with Gasteiger partial charge in [-0.1, -0.05) is 22.0 Å². The van der Waals surface area contributed by atoms with E-state index in [-0.39, 0.29) is 11.2 Å². The number of fused-ring (bicyclic) bond motifs is 3. The minimum atomic E-state index is -4.47. The molecule has 2 N–H and O–H groups in total. The van der Waals surface area contributed by atoms with Crippen LogP contribution >= 0.6 is 0 Å². The number of rotatable bonds is 1. The number of halogens is 3. The number of hydrogen-bond acceptors (Lipinski definition) is 2. The lowest BCUT2D eigenvalue weighted by molar-refractivity contribution is -0.556. The Kier molecular flexibility index (Phi) is 3.08. The van der Waals surface area contributed by atoms with Crippen LogP contribution in [0.15, 0.2) is 58.1 Å². The second kappa shape index (κ2) is 5.07. The summed E-state index contributed by atoms with van der Waals surface area (Å²) in [4.78, 5) is 27.3. The van der Waals surface area contributed by atoms with Gasteiger partial charge in [-0.3, -0.25) is 4.79 Å². The fourth-order valence-electron chi connectivity index (χ4n) is 2.70. The van der Waals surface area contributed by atoms with Crippen LogP contribution in [-0.2, 0) is 6.18 Å². The number of alkyl halides is 3. The zero-order chi connectivity index (χ0) is 17.8. The van der Waals surface area contributed by atoms with Crippen molar-refractivity contribution < 1.29 is 17.7 Å². The van der Waals surface area contributed by atoms with Crippen LogP contribution in [0.5, 0.6) is 0 Å². The van der Waals surface area contributed by atoms with Gasteiger partial charge in [0.1, 0.15) is 0 Å². The summed E-state index contributed by atoms with van der Waals surface area (Å²) < 4.78 is 40.3. The van der Waals surface area contributed by atoms with Crippen LogP contribution in [0.4, 0.5) is 13.2 Å². The first-order valence-corrected chi connectivity index (χ1v) is 7.22. The molecule has 4 aromatic rings. The summed E-state index contributed by atoms with van der Waals surface area (Å²) in [6.45, 7) is 0. The van der Waals surface area contributed by atoms with Crippen LogP contribution in [0, 0.1) is 0 Å². The van der Waals surface area contributed by atoms with E-state index in [1.807, 2.05) is 0 Å². The highest BCUT2D eigenvalue weighted by Crippen LogP contribution is 2.29. The molecule has 0 spiro atoms. The van der Waals surface area contributed by atoms with Gasteiger partial charge in [0.05, 0.1) is 11.1 Å². The molecule has 126 valence electrons. The van der Waals surface area contributed by atoms with E-state index in [0.29, 0.717) is 11.0 Å². The van der Waals surface area contributed by atoms with E-state index < -0.39 is 22.9 Å². The number of para-hydroxylation sites is 2. The van der Waals surface area contributed by atoms with Crippen LogP contribution in [0.3, 0.4) is 0 Å². The molecule has 6 nitrogen and oxygen atoms in total. The molecular weight excluding hydrogens is 337 g/mol. The molecule has 0 aliphatic carbocycles. The Hall–Kier alpha value is -3.36. The molecule has 0 fully saturated rings. The predicted octanol–water partition coefficient (Wildman–Crippen LogP) is 1.76. The van der Waals surface area contributed by atoms with E-state index in [2.05, 4.69) is 10.2 Å². The highest BCUT2D eigenvalue weighted by Gasteiger charge is 2.31. The largest absolute Gasteiger partial charge is 0.416 e. The normalized spacial score (nSPS) is 12.1. The molecule has 25 heavy (non-hydrogen) atoms. The predicted molar refractivity (Wildman–Crippen MR) is 82.7 cm³/mol. The third-order valence-corrected chi connectivity index (χ3v) is 3.89. The van der Waals surface area contributed by atoms with Gasteiger partial charge in [-0.2, -0.15) is 13.2 Å². The van der Waals surface area contributed by atoms with Crippen LogP contribution in [-0.4, -0.2) is 14.9 Å². The van der Waals surface area contributed by atoms with E-state index >= 15 is 0 Å². The van der Waals surface area contributed by atoms with Crippen molar-refractivity contribution >= 4 is 16.6 Å². The van der Waals surface area contributed by atoms with Crippen molar-refractivity contribution in [2.75, 3.05) is 0 Å². The third kappa shape index (κ3) is 2.32. The quantitative estimate of drug-likeness (QED) is 0.515. The molecule has 2 aromatic carbocycles. The lowest BCUT2D eigenvalue weighted by Crippen LogP contribution is -2.33. The molecule has 9 heteroatoms. The fraction of sp³-hybridized carbons (Fsp3) is 0.0625. The zero-order valence-electron chi connectivity index (χ0n) is 12.5. The second-order valence-corrected chi connectivity index (χ2v) is 5.44. The van der Waals surface area contributed by atoms with E-state index in [0.717, 1.165) is 28.9 Å². The van der Waals surface area contributed by atoms with Gasteiger partial charge in [0.25, 0.3) is 0 Å². The minimum Gasteiger partial charge on any atom is -0.315 e. The number of aromatic nitrogens is 4. The van der Waals surface area contributed by atoms with Crippen LogP contribution in [0.25, 0.3) is 22.2 Å². The maximum absolute atomic E-state index is 12.7. The molecular formula is C16H10F3N4O2+. The Morgan fingerprint density at radius 1 is 0.960 bits per heavy atom. The summed E-state index contributed by atoms with van der Waals surface area (Å²) in [6, 6.07) is 10.9. The molecule has 4 rings (SSSR count). The maximum Gasteiger partial charge on any atom is 0.416 e. The van der Waals surface area contributed by atoms with E-state index in [1.165, 1.54) is 4.52 Å². The van der Waals surface area contributed by atoms with Crippen molar-refractivity contribution in [3.63, 3.8) is 0 Å². The van der Waals surface area contributed by atoms with Crippen LogP contribution in [0.1, 0.15) is 5.56 Å². The van der Waals surface area contributed by atoms with Crippen molar-refractivity contribution in [1.82, 2.24) is 14.9 Å². The van der Waals surface area contributed by atoms with E-state index in [4.69, 9.17) is 0 Å². The lowest BCUT2D eigenvalue weighted by Gasteiger charge is -2.05. The Bertz CT molecular complexity index is 1220. The Morgan fingerprint density at radius 3 is 2.32 bits per heavy atom. The van der Waals surface area contributed by atoms with Gasteiger partial charge in [0.15, 0.2) is 11.2 Å². The van der Waals surface area contributed by atoms with Crippen LogP contribution in [0.2, 0.25) is 0 Å². The van der Waals surface area contributed by atoms with Crippen molar-refractivity contribution in [3.8, 4) is 5.69 Å². The van der Waals surface area contributed by atoms with Gasteiger partial charge < -0.3 is 4.98 Å². The number of hydrogen-bond donors (Lipinski definition) is 2. The first kappa shape index (κ1) is 15.2. The molecule has 0 aliphatic rings. The molecule has 2 heterocycles. The Balaban J connectivity index is 1.99. The van der Waals surface area contributed by atoms with Gasteiger partial charge in [0, 0.05) is 0 Å². The average molecular weight is 347 g/mol. The minimum absolute atomic E-state index is 0.154. The summed E-state index contributed by atoms with van der Waals surface area (Å²) in [6.07, 6.45) is -4.47. The molecule has 2 aromatic heterocycles. The fourth-order valence-corrected chi connectivity index (χ4v) is 2.70. The molecule has 0 aliphatic heterocycles. The highest BCUT2D eigenvalue weighted by atomic mass is 19.4. The smallest absolute Gasteiger partial charge is 0.315 e. The van der Waals surface area contributed by atoms with E-state index in [9.17, 15) is 22.8 Å². The molecule has 0 unspecified atom stereocenters. The topological polar surface area (TPSA) is 74.8 Å². The molecule has 0 saturated carbocycles. The summed E-state index contributed by atoms with van der Waals surface area (Å²) in [5.41, 5.74) is -0.969. The number of nitrogens with one attached hydrogen (secondary N) is 2. The molecule has 0 bridgehead atoms. The third-order valence-electron chi connectivity index (χ3n) is 3.89. The summed E-state index contributed by atoms with van der Waals surface area (Å²) in [7, 11) is 0. The van der Waals surface area contributed by atoms with Crippen molar-refractivity contribution in [2.24, 2.45) is 0 Å². The van der Waals surface area contributed by atoms with Crippen molar-refractivity contribution in [3.05, 3.63) is 74.8 Å². The number of H-pyrrole nitrogens is 2. The highest BCUT2D eigenvalue weighted by molar-refractivity contribution is 5.71. The standard InChI is InChI=1S/C16H9F3N4O2/c17-16(18,19)9-5-7-10(8-6-9)22-15(25)13-14(24)20-11-3-1-2-4-12(11)23(13)21-22/h1-8H,(H-,20,21,24,25)/p+1. The number of nitrogens with zero attached hydrogens (tertiary/aromatic N) is 2. The van der Waals surface area contributed by atoms with Gasteiger partial charge >= 0.3 is 22.8 Å². The second-order valence-electron chi connectivity index (χ2n) is 5.44. The molecule has 0 saturated heterocycles. The summed E-state index contributed by atoms with van der Waals surface area (Å²) in [5.74, 6) is 0. The first-order chi connectivity index (χ1) is 11.9. The van der Waals surface area contributed by atoms with Crippen LogP contribution < -0.4 is 15.6 Å². The Morgan fingerprint density at radius 2 is 1.64 bits per heavy atom.